The summed E-state index contributed by atoms with van der Waals surface area (Å²) in [6.45, 7) is 13.1. The minimum absolute atomic E-state index is 0.189. The highest BCUT2D eigenvalue weighted by atomic mass is 16.6. The number of likely N-dealkylation sites (tertiary alicyclic amines) is 1. The van der Waals surface area contributed by atoms with Crippen molar-refractivity contribution in [3.05, 3.63) is 0 Å². The fourth-order valence-electron chi connectivity index (χ4n) is 2.91. The zero-order chi connectivity index (χ0) is 23.9. The SMILES string of the molecule is CCOC=O.CN1CCN(C(=O)OC(C)(C)C)CC1.NC(=O)N1CCC(CC=O)CC1. The van der Waals surface area contributed by atoms with E-state index in [9.17, 15) is 19.2 Å². The molecule has 2 heterocycles. The lowest BCUT2D eigenvalue weighted by atomic mass is 9.94. The van der Waals surface area contributed by atoms with Gasteiger partial charge in [0.05, 0.1) is 6.61 Å². The van der Waals surface area contributed by atoms with Gasteiger partial charge in [0.25, 0.3) is 6.47 Å². The van der Waals surface area contributed by atoms with Gasteiger partial charge in [-0.25, -0.2) is 9.59 Å². The highest BCUT2D eigenvalue weighted by molar-refractivity contribution is 5.72. The molecule has 0 spiro atoms. The Morgan fingerprint density at radius 3 is 1.90 bits per heavy atom. The molecule has 0 unspecified atom stereocenters. The number of hydrogen-bond acceptors (Lipinski definition) is 7. The number of rotatable bonds is 4. The van der Waals surface area contributed by atoms with Crippen LogP contribution in [-0.2, 0) is 19.1 Å². The summed E-state index contributed by atoms with van der Waals surface area (Å²) in [7, 11) is 2.06. The number of amides is 3. The minimum Gasteiger partial charge on any atom is -0.468 e. The molecular weight excluding hydrogens is 404 g/mol. The first-order valence-electron chi connectivity index (χ1n) is 10.7. The predicted molar refractivity (Wildman–Crippen MR) is 118 cm³/mol. The minimum atomic E-state index is -0.388. The maximum Gasteiger partial charge on any atom is 0.410 e. The normalized spacial score (nSPS) is 17.3. The molecule has 0 aromatic rings. The largest absolute Gasteiger partial charge is 0.468 e. The van der Waals surface area contributed by atoms with E-state index in [0.717, 1.165) is 45.3 Å². The second-order valence-electron chi connectivity index (χ2n) is 8.49. The summed E-state index contributed by atoms with van der Waals surface area (Å²) < 4.78 is 9.43. The molecule has 31 heavy (non-hydrogen) atoms. The molecule has 0 bridgehead atoms. The quantitative estimate of drug-likeness (QED) is 0.655. The molecule has 0 saturated carbocycles. The van der Waals surface area contributed by atoms with Crippen molar-refractivity contribution in [2.75, 3.05) is 52.9 Å². The van der Waals surface area contributed by atoms with Gasteiger partial charge in [-0.15, -0.1) is 0 Å². The van der Waals surface area contributed by atoms with Crippen LogP contribution in [0.15, 0.2) is 0 Å². The van der Waals surface area contributed by atoms with E-state index in [-0.39, 0.29) is 17.7 Å². The van der Waals surface area contributed by atoms with Crippen molar-refractivity contribution < 1.29 is 28.7 Å². The molecule has 10 nitrogen and oxygen atoms in total. The number of likely N-dealkylation sites (N-methyl/N-ethyl adjacent to an activating group) is 1. The third-order valence-corrected chi connectivity index (χ3v) is 4.75. The number of ether oxygens (including phenoxy) is 2. The first kappa shape index (κ1) is 28.6. The standard InChI is InChI=1S/C10H20N2O2.C8H14N2O2.C3H6O2/c1-10(2,3)14-9(13)12-7-5-11(4)6-8-12;9-8(12)10-4-1-7(2-5-10)3-6-11;1-2-5-3-4/h5-8H2,1-4H3;6-7H,1-5H2,(H2,9,12);3H,2H2,1H3. The van der Waals surface area contributed by atoms with Crippen LogP contribution in [0.5, 0.6) is 0 Å². The van der Waals surface area contributed by atoms with Gasteiger partial charge >= 0.3 is 12.1 Å². The third kappa shape index (κ3) is 14.3. The third-order valence-electron chi connectivity index (χ3n) is 4.75. The number of carbonyl (C=O) groups is 4. The number of aldehydes is 1. The Kier molecular flexibility index (Phi) is 14.3. The Bertz CT molecular complexity index is 536. The van der Waals surface area contributed by atoms with Crippen LogP contribution in [0.2, 0.25) is 0 Å². The second-order valence-corrected chi connectivity index (χ2v) is 8.49. The molecule has 2 rings (SSSR count). The van der Waals surface area contributed by atoms with Crippen molar-refractivity contribution in [1.82, 2.24) is 14.7 Å². The maximum atomic E-state index is 11.6. The topological polar surface area (TPSA) is 122 Å². The Labute approximate surface area is 186 Å². The van der Waals surface area contributed by atoms with Gasteiger partial charge in [0, 0.05) is 45.7 Å². The number of hydrogen-bond donors (Lipinski definition) is 1. The van der Waals surface area contributed by atoms with Gasteiger partial charge in [0.1, 0.15) is 11.9 Å². The van der Waals surface area contributed by atoms with E-state index in [0.29, 0.717) is 38.5 Å². The number of carbonyl (C=O) groups excluding carboxylic acids is 4. The van der Waals surface area contributed by atoms with Crippen LogP contribution in [0.3, 0.4) is 0 Å². The molecule has 10 heteroatoms. The summed E-state index contributed by atoms with van der Waals surface area (Å²) in [6, 6.07) is -0.348. The van der Waals surface area contributed by atoms with Gasteiger partial charge in [-0.2, -0.15) is 0 Å². The molecular formula is C21H40N4O6. The zero-order valence-electron chi connectivity index (χ0n) is 19.7. The van der Waals surface area contributed by atoms with Gasteiger partial charge in [-0.05, 0) is 53.5 Å². The summed E-state index contributed by atoms with van der Waals surface area (Å²) >= 11 is 0. The summed E-state index contributed by atoms with van der Waals surface area (Å²) in [5.74, 6) is 0.457. The van der Waals surface area contributed by atoms with Gasteiger partial charge in [-0.3, -0.25) is 4.79 Å². The molecule has 0 aromatic carbocycles. The Hall–Kier alpha value is -2.36. The number of nitrogens with two attached hydrogens (primary N) is 1. The zero-order valence-corrected chi connectivity index (χ0v) is 19.7. The lowest BCUT2D eigenvalue weighted by Crippen LogP contribution is -2.48. The number of piperazine rings is 1. The van der Waals surface area contributed by atoms with Crippen LogP contribution in [0.1, 0.15) is 47.0 Å². The molecule has 2 fully saturated rings. The maximum absolute atomic E-state index is 11.6. The van der Waals surface area contributed by atoms with Crippen molar-refractivity contribution in [2.24, 2.45) is 11.7 Å². The number of piperidine rings is 1. The molecule has 2 aliphatic heterocycles. The van der Waals surface area contributed by atoms with Crippen LogP contribution < -0.4 is 5.73 Å². The van der Waals surface area contributed by atoms with Gasteiger partial charge < -0.3 is 34.7 Å². The summed E-state index contributed by atoms with van der Waals surface area (Å²) in [4.78, 5) is 47.3. The highest BCUT2D eigenvalue weighted by Crippen LogP contribution is 2.18. The second kappa shape index (κ2) is 15.4. The van der Waals surface area contributed by atoms with E-state index in [1.807, 2.05) is 20.8 Å². The average Bonchev–Trinajstić information content (AvgIpc) is 2.69. The number of primary amides is 1. The molecule has 180 valence electrons. The Morgan fingerprint density at radius 2 is 1.55 bits per heavy atom. The van der Waals surface area contributed by atoms with Crippen molar-refractivity contribution >= 4 is 24.9 Å². The van der Waals surface area contributed by atoms with E-state index in [2.05, 4.69) is 16.7 Å². The molecule has 2 N–H and O–H groups in total. The molecule has 3 amide bonds. The number of urea groups is 1. The molecule has 2 aliphatic rings. The Balaban J connectivity index is 0.000000483. The highest BCUT2D eigenvalue weighted by Gasteiger charge is 2.24. The van der Waals surface area contributed by atoms with Crippen molar-refractivity contribution in [3.8, 4) is 0 Å². The van der Waals surface area contributed by atoms with Crippen LogP contribution in [0.4, 0.5) is 9.59 Å². The van der Waals surface area contributed by atoms with E-state index < -0.39 is 0 Å². The van der Waals surface area contributed by atoms with Gasteiger partial charge in [0.2, 0.25) is 0 Å². The van der Waals surface area contributed by atoms with Crippen LogP contribution in [0.25, 0.3) is 0 Å². The first-order chi connectivity index (χ1) is 14.5. The fourth-order valence-corrected chi connectivity index (χ4v) is 2.91. The monoisotopic (exact) mass is 444 g/mol. The van der Waals surface area contributed by atoms with Crippen molar-refractivity contribution in [1.29, 1.82) is 0 Å². The first-order valence-corrected chi connectivity index (χ1v) is 10.7. The molecule has 0 aromatic heterocycles. The molecule has 0 atom stereocenters. The summed E-state index contributed by atoms with van der Waals surface area (Å²) in [5.41, 5.74) is 4.72. The smallest absolute Gasteiger partial charge is 0.410 e. The van der Waals surface area contributed by atoms with Crippen LogP contribution in [-0.4, -0.2) is 98.1 Å². The Morgan fingerprint density at radius 1 is 1.00 bits per heavy atom. The number of nitrogens with zero attached hydrogens (tertiary/aromatic N) is 3. The predicted octanol–water partition coefficient (Wildman–Crippen LogP) is 1.71. The lowest BCUT2D eigenvalue weighted by Gasteiger charge is -2.33. The van der Waals surface area contributed by atoms with E-state index >= 15 is 0 Å². The van der Waals surface area contributed by atoms with E-state index in [4.69, 9.17) is 10.5 Å². The molecule has 2 saturated heterocycles. The van der Waals surface area contributed by atoms with Crippen LogP contribution >= 0.6 is 0 Å². The fraction of sp³-hybridized carbons (Fsp3) is 0.810. The lowest BCUT2D eigenvalue weighted by molar-refractivity contribution is -0.128. The van der Waals surface area contributed by atoms with Crippen molar-refractivity contribution in [3.63, 3.8) is 0 Å². The average molecular weight is 445 g/mol. The molecule has 0 aliphatic carbocycles. The van der Waals surface area contributed by atoms with Crippen molar-refractivity contribution in [2.45, 2.75) is 52.6 Å². The summed E-state index contributed by atoms with van der Waals surface area (Å²) in [5, 5.41) is 0. The van der Waals surface area contributed by atoms with Crippen LogP contribution in [0, 0.1) is 5.92 Å². The molecule has 0 radical (unpaired) electrons. The van der Waals surface area contributed by atoms with Gasteiger partial charge in [0.15, 0.2) is 0 Å². The van der Waals surface area contributed by atoms with E-state index in [1.165, 1.54) is 0 Å². The summed E-state index contributed by atoms with van der Waals surface area (Å²) in [6.07, 6.45) is 3.19. The van der Waals surface area contributed by atoms with Gasteiger partial charge in [-0.1, -0.05) is 0 Å². The van der Waals surface area contributed by atoms with E-state index in [1.54, 1.807) is 16.7 Å².